The molecule has 0 amide bonds. The van der Waals surface area contributed by atoms with Crippen LogP contribution in [0, 0.1) is 11.8 Å². The summed E-state index contributed by atoms with van der Waals surface area (Å²) >= 11 is 0. The number of Topliss-reactive ketones (excluding diaryl/α,β-unsaturated/α-hetero) is 1. The van der Waals surface area contributed by atoms with Gasteiger partial charge < -0.3 is 9.47 Å². The quantitative estimate of drug-likeness (QED) is 0.465. The second-order valence-corrected chi connectivity index (χ2v) is 5.84. The van der Waals surface area contributed by atoms with Crippen molar-refractivity contribution in [2.24, 2.45) is 0 Å². The SMILES string of the molecule is CCOc1ccc(COc2cccc(C#CC(=O)c3ccccc3)c2)cc1. The summed E-state index contributed by atoms with van der Waals surface area (Å²) in [6.07, 6.45) is 0. The summed E-state index contributed by atoms with van der Waals surface area (Å²) in [7, 11) is 0. The highest BCUT2D eigenvalue weighted by Gasteiger charge is 2.01. The summed E-state index contributed by atoms with van der Waals surface area (Å²) in [5.74, 6) is 6.94. The molecule has 27 heavy (non-hydrogen) atoms. The number of carbonyl (C=O) groups excluding carboxylic acids is 1. The Balaban J connectivity index is 1.62. The Morgan fingerprint density at radius 2 is 1.63 bits per heavy atom. The van der Waals surface area contributed by atoms with E-state index >= 15 is 0 Å². The average Bonchev–Trinajstić information content (AvgIpc) is 2.73. The van der Waals surface area contributed by atoms with Gasteiger partial charge in [-0.15, -0.1) is 0 Å². The summed E-state index contributed by atoms with van der Waals surface area (Å²) in [4.78, 5) is 12.1. The van der Waals surface area contributed by atoms with E-state index in [1.165, 1.54) is 0 Å². The van der Waals surface area contributed by atoms with E-state index in [9.17, 15) is 4.79 Å². The number of hydrogen-bond donors (Lipinski definition) is 0. The third-order valence-corrected chi connectivity index (χ3v) is 3.83. The van der Waals surface area contributed by atoms with E-state index in [2.05, 4.69) is 11.8 Å². The van der Waals surface area contributed by atoms with Gasteiger partial charge in [0.05, 0.1) is 6.61 Å². The van der Waals surface area contributed by atoms with Gasteiger partial charge in [0.25, 0.3) is 0 Å². The zero-order valence-corrected chi connectivity index (χ0v) is 15.1. The molecule has 3 nitrogen and oxygen atoms in total. The van der Waals surface area contributed by atoms with Gasteiger partial charge in [-0.2, -0.15) is 0 Å². The van der Waals surface area contributed by atoms with E-state index in [1.54, 1.807) is 12.1 Å². The Morgan fingerprint density at radius 1 is 0.852 bits per heavy atom. The molecular formula is C24H20O3. The van der Waals surface area contributed by atoms with Crippen molar-refractivity contribution in [3.8, 4) is 23.3 Å². The van der Waals surface area contributed by atoms with Gasteiger partial charge in [0, 0.05) is 11.1 Å². The first kappa shape index (κ1) is 18.3. The van der Waals surface area contributed by atoms with Crippen molar-refractivity contribution in [2.45, 2.75) is 13.5 Å². The van der Waals surface area contributed by atoms with Gasteiger partial charge in [-0.3, -0.25) is 4.79 Å². The van der Waals surface area contributed by atoms with Crippen molar-refractivity contribution < 1.29 is 14.3 Å². The van der Waals surface area contributed by atoms with Gasteiger partial charge in [0.15, 0.2) is 0 Å². The fourth-order valence-corrected chi connectivity index (χ4v) is 2.47. The monoisotopic (exact) mass is 356 g/mol. The number of benzene rings is 3. The van der Waals surface area contributed by atoms with Gasteiger partial charge in [0.2, 0.25) is 5.78 Å². The van der Waals surface area contributed by atoms with Crippen LogP contribution in [0.15, 0.2) is 78.9 Å². The molecule has 0 radical (unpaired) electrons. The van der Waals surface area contributed by atoms with Crippen molar-refractivity contribution in [3.63, 3.8) is 0 Å². The molecule has 0 heterocycles. The van der Waals surface area contributed by atoms with E-state index in [0.29, 0.717) is 24.5 Å². The molecule has 0 saturated heterocycles. The molecule has 0 aliphatic carbocycles. The van der Waals surface area contributed by atoms with E-state index in [1.807, 2.05) is 73.7 Å². The van der Waals surface area contributed by atoms with E-state index in [0.717, 1.165) is 16.9 Å². The summed E-state index contributed by atoms with van der Waals surface area (Å²) < 4.78 is 11.3. The maximum atomic E-state index is 12.1. The molecule has 0 bridgehead atoms. The van der Waals surface area contributed by atoms with Crippen LogP contribution in [-0.4, -0.2) is 12.4 Å². The Labute approximate surface area is 159 Å². The predicted octanol–water partition coefficient (Wildman–Crippen LogP) is 4.90. The molecule has 0 unspecified atom stereocenters. The van der Waals surface area contributed by atoms with Gasteiger partial charge in [0.1, 0.15) is 18.1 Å². The molecule has 3 heteroatoms. The lowest BCUT2D eigenvalue weighted by Gasteiger charge is -2.08. The maximum absolute atomic E-state index is 12.1. The zero-order chi connectivity index (χ0) is 18.9. The Bertz CT molecular complexity index is 948. The first-order chi connectivity index (χ1) is 13.2. The van der Waals surface area contributed by atoms with Crippen LogP contribution in [0.1, 0.15) is 28.4 Å². The van der Waals surface area contributed by atoms with Gasteiger partial charge in [-0.05, 0) is 48.7 Å². The van der Waals surface area contributed by atoms with Crippen molar-refractivity contribution >= 4 is 5.78 Å². The fourth-order valence-electron chi connectivity index (χ4n) is 2.47. The molecule has 0 N–H and O–H groups in total. The van der Waals surface area contributed by atoms with Crippen LogP contribution in [0.25, 0.3) is 0 Å². The lowest BCUT2D eigenvalue weighted by molar-refractivity contribution is 0.105. The van der Waals surface area contributed by atoms with E-state index < -0.39 is 0 Å². The first-order valence-corrected chi connectivity index (χ1v) is 8.80. The molecule has 0 atom stereocenters. The molecule has 0 fully saturated rings. The van der Waals surface area contributed by atoms with Crippen molar-refractivity contribution in [3.05, 3.63) is 95.6 Å². The van der Waals surface area contributed by atoms with Crippen LogP contribution in [0.5, 0.6) is 11.5 Å². The number of rotatable bonds is 6. The minimum atomic E-state index is -0.198. The number of ketones is 1. The minimum Gasteiger partial charge on any atom is -0.494 e. The molecule has 0 spiro atoms. The topological polar surface area (TPSA) is 35.5 Å². The average molecular weight is 356 g/mol. The molecule has 3 rings (SSSR count). The van der Waals surface area contributed by atoms with Gasteiger partial charge in [-0.25, -0.2) is 0 Å². The van der Waals surface area contributed by atoms with Crippen molar-refractivity contribution in [2.75, 3.05) is 6.61 Å². The third-order valence-electron chi connectivity index (χ3n) is 3.83. The molecule has 0 aliphatic rings. The van der Waals surface area contributed by atoms with Gasteiger partial charge >= 0.3 is 0 Å². The molecule has 0 aliphatic heterocycles. The molecule has 0 saturated carbocycles. The van der Waals surface area contributed by atoms with Crippen molar-refractivity contribution in [1.82, 2.24) is 0 Å². The highest BCUT2D eigenvalue weighted by atomic mass is 16.5. The lowest BCUT2D eigenvalue weighted by Crippen LogP contribution is -1.97. The summed E-state index contributed by atoms with van der Waals surface area (Å²) in [6.45, 7) is 3.06. The van der Waals surface area contributed by atoms with E-state index in [-0.39, 0.29) is 5.78 Å². The van der Waals surface area contributed by atoms with Crippen LogP contribution in [0.4, 0.5) is 0 Å². The normalized spacial score (nSPS) is 9.81. The summed E-state index contributed by atoms with van der Waals surface area (Å²) in [6, 6.07) is 24.3. The fraction of sp³-hybridized carbons (Fsp3) is 0.125. The van der Waals surface area contributed by atoms with E-state index in [4.69, 9.17) is 9.47 Å². The highest BCUT2D eigenvalue weighted by Crippen LogP contribution is 2.17. The maximum Gasteiger partial charge on any atom is 0.236 e. The predicted molar refractivity (Wildman–Crippen MR) is 106 cm³/mol. The second-order valence-electron chi connectivity index (χ2n) is 5.84. The Kier molecular flexibility index (Phi) is 6.27. The first-order valence-electron chi connectivity index (χ1n) is 8.80. The molecule has 0 aromatic heterocycles. The smallest absolute Gasteiger partial charge is 0.236 e. The molecule has 3 aromatic carbocycles. The highest BCUT2D eigenvalue weighted by molar-refractivity contribution is 6.09. The Morgan fingerprint density at radius 3 is 2.37 bits per heavy atom. The number of carbonyl (C=O) groups is 1. The lowest BCUT2D eigenvalue weighted by atomic mass is 10.1. The third kappa shape index (κ3) is 5.49. The molecule has 3 aromatic rings. The van der Waals surface area contributed by atoms with Crippen LogP contribution < -0.4 is 9.47 Å². The van der Waals surface area contributed by atoms with Gasteiger partial charge in [-0.1, -0.05) is 54.5 Å². The van der Waals surface area contributed by atoms with Crippen LogP contribution in [-0.2, 0) is 6.61 Å². The molecular weight excluding hydrogens is 336 g/mol. The number of hydrogen-bond acceptors (Lipinski definition) is 3. The summed E-state index contributed by atoms with van der Waals surface area (Å²) in [5, 5.41) is 0. The zero-order valence-electron chi connectivity index (χ0n) is 15.1. The summed E-state index contributed by atoms with van der Waals surface area (Å²) in [5.41, 5.74) is 2.38. The number of ether oxygens (including phenoxy) is 2. The minimum absolute atomic E-state index is 0.198. The van der Waals surface area contributed by atoms with Crippen molar-refractivity contribution in [1.29, 1.82) is 0 Å². The second kappa shape index (κ2) is 9.26. The standard InChI is InChI=1S/C24H20O3/c1-2-26-22-14-11-20(12-15-22)18-27-23-10-6-7-19(17-23)13-16-24(25)21-8-4-3-5-9-21/h3-12,14-15,17H,2,18H2,1H3. The Hall–Kier alpha value is -3.51. The largest absolute Gasteiger partial charge is 0.494 e. The van der Waals surface area contributed by atoms with Crippen LogP contribution >= 0.6 is 0 Å². The van der Waals surface area contributed by atoms with Crippen LogP contribution in [0.2, 0.25) is 0 Å². The molecule has 134 valence electrons. The van der Waals surface area contributed by atoms with Crippen LogP contribution in [0.3, 0.4) is 0 Å².